The van der Waals surface area contributed by atoms with Gasteiger partial charge < -0.3 is 9.84 Å². The number of benzene rings is 2. The number of likely N-dealkylation sites (tertiary alicyclic amines) is 1. The molecule has 1 saturated heterocycles. The second-order valence-corrected chi connectivity index (χ2v) is 9.82. The minimum atomic E-state index is -0.223. The number of hydrogen-bond acceptors (Lipinski definition) is 7. The Morgan fingerprint density at radius 3 is 2.80 bits per heavy atom. The van der Waals surface area contributed by atoms with Gasteiger partial charge in [-0.05, 0) is 49.0 Å². The molecule has 0 aliphatic carbocycles. The number of halogens is 1. The fourth-order valence-electron chi connectivity index (χ4n) is 4.22. The zero-order valence-electron chi connectivity index (χ0n) is 18.8. The number of anilines is 1. The number of nitrogens with zero attached hydrogens (tertiary/aromatic N) is 3. The van der Waals surface area contributed by atoms with Gasteiger partial charge >= 0.3 is 0 Å². The maximum atomic E-state index is 13.2. The summed E-state index contributed by atoms with van der Waals surface area (Å²) in [6.07, 6.45) is 1.64. The molecule has 1 amide bonds. The molecule has 3 heterocycles. The number of aromatic nitrogens is 2. The Kier molecular flexibility index (Phi) is 7.03. The summed E-state index contributed by atoms with van der Waals surface area (Å²) in [7, 11) is 0. The molecule has 1 fully saturated rings. The van der Waals surface area contributed by atoms with Crippen LogP contribution in [0.5, 0.6) is 0 Å². The normalized spacial score (nSPS) is 16.2. The van der Waals surface area contributed by atoms with Gasteiger partial charge in [-0.25, -0.2) is 0 Å². The van der Waals surface area contributed by atoms with Crippen LogP contribution >= 0.6 is 22.9 Å². The standard InChI is InChI=1S/C26H23ClN4O3S/c27-19-10-11-21(20(14-19)24(32)17-6-2-1-3-7-17)28-26(33)18-8-4-12-31(15-18)16-23-29-25(30-34-23)22-9-5-13-35-22/h1-3,5-7,9-11,13-14,18H,4,8,12,15-16H2,(H,28,33). The van der Waals surface area contributed by atoms with Crippen LogP contribution < -0.4 is 5.32 Å². The van der Waals surface area contributed by atoms with E-state index in [1.54, 1.807) is 53.8 Å². The van der Waals surface area contributed by atoms with Crippen molar-refractivity contribution in [1.82, 2.24) is 15.0 Å². The average Bonchev–Trinajstić information content (AvgIpc) is 3.58. The topological polar surface area (TPSA) is 88.3 Å². The van der Waals surface area contributed by atoms with E-state index in [0.717, 1.165) is 24.3 Å². The number of piperidine rings is 1. The molecular weight excluding hydrogens is 484 g/mol. The van der Waals surface area contributed by atoms with Crippen LogP contribution in [0.4, 0.5) is 5.69 Å². The Bertz CT molecular complexity index is 1320. The maximum absolute atomic E-state index is 13.2. The first-order valence-corrected chi connectivity index (χ1v) is 12.6. The van der Waals surface area contributed by atoms with Crippen molar-refractivity contribution < 1.29 is 14.1 Å². The second kappa shape index (κ2) is 10.5. The van der Waals surface area contributed by atoms with Crippen LogP contribution in [0, 0.1) is 5.92 Å². The fourth-order valence-corrected chi connectivity index (χ4v) is 5.04. The molecule has 9 heteroatoms. The largest absolute Gasteiger partial charge is 0.338 e. The van der Waals surface area contributed by atoms with Gasteiger partial charge in [-0.15, -0.1) is 11.3 Å². The molecule has 4 aromatic rings. The summed E-state index contributed by atoms with van der Waals surface area (Å²) in [5, 5.41) is 9.45. The van der Waals surface area contributed by atoms with E-state index in [1.165, 1.54) is 0 Å². The molecule has 1 aliphatic rings. The summed E-state index contributed by atoms with van der Waals surface area (Å²) in [5.74, 6) is 0.580. The first-order chi connectivity index (χ1) is 17.1. The third-order valence-electron chi connectivity index (χ3n) is 5.96. The summed E-state index contributed by atoms with van der Waals surface area (Å²) in [6.45, 7) is 1.90. The molecule has 2 aromatic carbocycles. The predicted octanol–water partition coefficient (Wildman–Crippen LogP) is 5.53. The van der Waals surface area contributed by atoms with Gasteiger partial charge in [-0.2, -0.15) is 4.98 Å². The van der Waals surface area contributed by atoms with Gasteiger partial charge in [0.2, 0.25) is 17.6 Å². The van der Waals surface area contributed by atoms with Crippen molar-refractivity contribution in [3.8, 4) is 10.7 Å². The Hall–Kier alpha value is -3.33. The van der Waals surface area contributed by atoms with Crippen LogP contribution in [0.25, 0.3) is 10.7 Å². The molecule has 7 nitrogen and oxygen atoms in total. The van der Waals surface area contributed by atoms with E-state index in [1.807, 2.05) is 23.6 Å². The van der Waals surface area contributed by atoms with E-state index in [-0.39, 0.29) is 17.6 Å². The minimum Gasteiger partial charge on any atom is -0.338 e. The molecule has 5 rings (SSSR count). The van der Waals surface area contributed by atoms with Crippen molar-refractivity contribution >= 4 is 40.3 Å². The van der Waals surface area contributed by atoms with Crippen molar-refractivity contribution in [2.45, 2.75) is 19.4 Å². The number of hydrogen-bond donors (Lipinski definition) is 1. The smallest absolute Gasteiger partial charge is 0.241 e. The summed E-state index contributed by atoms with van der Waals surface area (Å²) in [6, 6.07) is 17.8. The lowest BCUT2D eigenvalue weighted by Gasteiger charge is -2.31. The van der Waals surface area contributed by atoms with Crippen molar-refractivity contribution in [3.05, 3.63) is 88.1 Å². The van der Waals surface area contributed by atoms with E-state index in [4.69, 9.17) is 16.1 Å². The van der Waals surface area contributed by atoms with Crippen molar-refractivity contribution in [2.24, 2.45) is 5.92 Å². The molecule has 35 heavy (non-hydrogen) atoms. The second-order valence-electron chi connectivity index (χ2n) is 8.44. The molecule has 1 atom stereocenters. The van der Waals surface area contributed by atoms with E-state index >= 15 is 0 Å². The summed E-state index contributed by atoms with van der Waals surface area (Å²) < 4.78 is 5.43. The zero-order valence-corrected chi connectivity index (χ0v) is 20.4. The molecule has 0 saturated carbocycles. The Labute approximate surface area is 211 Å². The third kappa shape index (κ3) is 5.51. The number of rotatable bonds is 7. The first-order valence-electron chi connectivity index (χ1n) is 11.4. The van der Waals surface area contributed by atoms with E-state index in [2.05, 4.69) is 20.4 Å². The van der Waals surface area contributed by atoms with E-state index in [9.17, 15) is 9.59 Å². The van der Waals surface area contributed by atoms with Gasteiger partial charge in [0.1, 0.15) is 0 Å². The van der Waals surface area contributed by atoms with Crippen LogP contribution in [0.1, 0.15) is 34.7 Å². The highest BCUT2D eigenvalue weighted by atomic mass is 35.5. The number of carbonyl (C=O) groups excluding carboxylic acids is 2. The van der Waals surface area contributed by atoms with Crippen molar-refractivity contribution in [1.29, 1.82) is 0 Å². The van der Waals surface area contributed by atoms with Crippen LogP contribution in [0.15, 0.2) is 70.6 Å². The quantitative estimate of drug-likeness (QED) is 0.331. The number of ketones is 1. The van der Waals surface area contributed by atoms with Gasteiger partial charge in [0.25, 0.3) is 0 Å². The highest BCUT2D eigenvalue weighted by molar-refractivity contribution is 7.13. The fraction of sp³-hybridized carbons (Fsp3) is 0.231. The highest BCUT2D eigenvalue weighted by Gasteiger charge is 2.28. The Morgan fingerprint density at radius 2 is 2.00 bits per heavy atom. The molecule has 1 unspecified atom stereocenters. The SMILES string of the molecule is O=C(c1ccccc1)c1cc(Cl)ccc1NC(=O)C1CCCN(Cc2nc(-c3cccs3)no2)C1. The number of carbonyl (C=O) groups is 2. The van der Waals surface area contributed by atoms with Gasteiger partial charge in [0.15, 0.2) is 5.78 Å². The molecular formula is C26H23ClN4O3S. The third-order valence-corrected chi connectivity index (χ3v) is 7.07. The van der Waals surface area contributed by atoms with Gasteiger partial charge in [-0.1, -0.05) is 53.2 Å². The molecule has 2 aromatic heterocycles. The van der Waals surface area contributed by atoms with E-state index < -0.39 is 0 Å². The number of nitrogens with one attached hydrogen (secondary N) is 1. The van der Waals surface area contributed by atoms with Gasteiger partial charge in [0, 0.05) is 22.7 Å². The number of thiophene rings is 1. The van der Waals surface area contributed by atoms with Crippen LogP contribution in [0.2, 0.25) is 5.02 Å². The van der Waals surface area contributed by atoms with Crippen molar-refractivity contribution in [3.63, 3.8) is 0 Å². The van der Waals surface area contributed by atoms with E-state index in [0.29, 0.717) is 46.6 Å². The lowest BCUT2D eigenvalue weighted by Crippen LogP contribution is -2.40. The zero-order chi connectivity index (χ0) is 24.2. The minimum absolute atomic E-state index is 0.121. The monoisotopic (exact) mass is 506 g/mol. The molecule has 178 valence electrons. The first kappa shape index (κ1) is 23.4. The summed E-state index contributed by atoms with van der Waals surface area (Å²) in [5.41, 5.74) is 1.37. The van der Waals surface area contributed by atoms with Crippen LogP contribution in [-0.2, 0) is 11.3 Å². The Morgan fingerprint density at radius 1 is 1.14 bits per heavy atom. The summed E-state index contributed by atoms with van der Waals surface area (Å²) >= 11 is 7.73. The molecule has 0 radical (unpaired) electrons. The summed E-state index contributed by atoms with van der Waals surface area (Å²) in [4.78, 5) is 33.9. The molecule has 1 N–H and O–H groups in total. The molecule has 1 aliphatic heterocycles. The lowest BCUT2D eigenvalue weighted by molar-refractivity contribution is -0.121. The average molecular weight is 507 g/mol. The highest BCUT2D eigenvalue weighted by Crippen LogP contribution is 2.27. The van der Waals surface area contributed by atoms with Crippen LogP contribution in [0.3, 0.4) is 0 Å². The number of amides is 1. The Balaban J connectivity index is 1.26. The maximum Gasteiger partial charge on any atom is 0.241 e. The van der Waals surface area contributed by atoms with Crippen molar-refractivity contribution in [2.75, 3.05) is 18.4 Å². The lowest BCUT2D eigenvalue weighted by atomic mass is 9.96. The van der Waals surface area contributed by atoms with Gasteiger partial charge in [-0.3, -0.25) is 14.5 Å². The molecule has 0 bridgehead atoms. The predicted molar refractivity (Wildman–Crippen MR) is 136 cm³/mol. The molecule has 0 spiro atoms. The van der Waals surface area contributed by atoms with Crippen LogP contribution in [-0.4, -0.2) is 39.8 Å². The van der Waals surface area contributed by atoms with Gasteiger partial charge in [0.05, 0.1) is 23.0 Å².